The summed E-state index contributed by atoms with van der Waals surface area (Å²) in [5, 5.41) is 2.83. The first kappa shape index (κ1) is 46.0. The second-order valence-corrected chi connectivity index (χ2v) is 28.6. The molecule has 13 rings (SSSR count). The molecule has 364 valence electrons. The number of nitrogens with zero attached hydrogens (tertiary/aromatic N) is 2. The van der Waals surface area contributed by atoms with E-state index in [4.69, 9.17) is 0 Å². The lowest BCUT2D eigenvalue weighted by atomic mass is 9.33. The van der Waals surface area contributed by atoms with Gasteiger partial charge in [0.15, 0.2) is 0 Å². The monoisotopic (exact) mass is 953 g/mol. The first-order chi connectivity index (χ1) is 33.6. The number of fused-ring (bicyclic) bond motifs is 11. The van der Waals surface area contributed by atoms with Crippen LogP contribution in [0.3, 0.4) is 0 Å². The quantitative estimate of drug-likeness (QED) is 0.163. The molecular formula is C67H77BN2S. The molecule has 4 heteroatoms. The zero-order chi connectivity index (χ0) is 49.5. The van der Waals surface area contributed by atoms with Crippen LogP contribution in [-0.4, -0.2) is 6.71 Å². The molecule has 3 heterocycles. The van der Waals surface area contributed by atoms with Gasteiger partial charge in [-0.1, -0.05) is 145 Å². The molecule has 71 heavy (non-hydrogen) atoms. The van der Waals surface area contributed by atoms with Crippen molar-refractivity contribution in [1.29, 1.82) is 0 Å². The largest absolute Gasteiger partial charge is 0.311 e. The molecule has 6 aliphatic rings. The van der Waals surface area contributed by atoms with Crippen LogP contribution in [0.5, 0.6) is 0 Å². The minimum absolute atomic E-state index is 0.0699. The zero-order valence-electron chi connectivity index (χ0n) is 45.4. The molecule has 2 nitrogen and oxygen atoms in total. The Morgan fingerprint density at radius 2 is 1.01 bits per heavy atom. The van der Waals surface area contributed by atoms with Gasteiger partial charge in [0, 0.05) is 43.9 Å². The molecule has 0 radical (unpaired) electrons. The number of thiophene rings is 1. The maximum atomic E-state index is 2.79. The van der Waals surface area contributed by atoms with E-state index in [0.717, 1.165) is 0 Å². The van der Waals surface area contributed by atoms with Crippen molar-refractivity contribution in [2.24, 2.45) is 0 Å². The van der Waals surface area contributed by atoms with E-state index in [1.807, 2.05) is 0 Å². The van der Waals surface area contributed by atoms with Gasteiger partial charge in [-0.25, -0.2) is 0 Å². The molecule has 1 fully saturated rings. The second kappa shape index (κ2) is 15.1. The fourth-order valence-electron chi connectivity index (χ4n) is 15.2. The maximum absolute atomic E-state index is 2.79. The number of anilines is 6. The highest BCUT2D eigenvalue weighted by Gasteiger charge is 2.49. The van der Waals surface area contributed by atoms with Gasteiger partial charge in [-0.05, 0) is 206 Å². The molecule has 0 amide bonds. The van der Waals surface area contributed by atoms with Crippen LogP contribution >= 0.6 is 11.3 Å². The van der Waals surface area contributed by atoms with Crippen LogP contribution < -0.4 is 26.2 Å². The van der Waals surface area contributed by atoms with Gasteiger partial charge < -0.3 is 9.80 Å². The van der Waals surface area contributed by atoms with Crippen molar-refractivity contribution in [3.8, 4) is 0 Å². The highest BCUT2D eigenvalue weighted by Crippen LogP contribution is 2.56. The van der Waals surface area contributed by atoms with Crippen molar-refractivity contribution >= 4 is 88.7 Å². The highest BCUT2D eigenvalue weighted by molar-refractivity contribution is 7.26. The van der Waals surface area contributed by atoms with Crippen molar-refractivity contribution in [2.45, 2.75) is 199 Å². The van der Waals surface area contributed by atoms with E-state index in [2.05, 4.69) is 202 Å². The van der Waals surface area contributed by atoms with Crippen LogP contribution in [0, 0.1) is 6.92 Å². The van der Waals surface area contributed by atoms with Gasteiger partial charge in [0.1, 0.15) is 0 Å². The van der Waals surface area contributed by atoms with E-state index in [9.17, 15) is 0 Å². The zero-order valence-corrected chi connectivity index (χ0v) is 46.2. The van der Waals surface area contributed by atoms with Crippen molar-refractivity contribution in [3.05, 3.63) is 136 Å². The van der Waals surface area contributed by atoms with E-state index >= 15 is 0 Å². The van der Waals surface area contributed by atoms with Gasteiger partial charge in [0.2, 0.25) is 0 Å². The number of aryl methyl sites for hydroxylation is 1. The first-order valence-electron chi connectivity index (χ1n) is 27.8. The van der Waals surface area contributed by atoms with Crippen LogP contribution in [-0.2, 0) is 32.5 Å². The summed E-state index contributed by atoms with van der Waals surface area (Å²) < 4.78 is 2.86. The van der Waals surface area contributed by atoms with Gasteiger partial charge in [0.25, 0.3) is 6.71 Å². The summed E-state index contributed by atoms with van der Waals surface area (Å²) in [5.74, 6) is 0.539. The predicted octanol–water partition coefficient (Wildman–Crippen LogP) is 17.5. The van der Waals surface area contributed by atoms with E-state index < -0.39 is 0 Å². The Morgan fingerprint density at radius 1 is 0.465 bits per heavy atom. The van der Waals surface area contributed by atoms with E-state index in [0.29, 0.717) is 5.92 Å². The first-order valence-corrected chi connectivity index (χ1v) is 28.6. The Bertz CT molecular complexity index is 3400. The van der Waals surface area contributed by atoms with Gasteiger partial charge in [-0.15, -0.1) is 11.3 Å². The van der Waals surface area contributed by atoms with Crippen LogP contribution in [0.1, 0.15) is 204 Å². The smallest absolute Gasteiger partial charge is 0.252 e. The molecule has 7 aromatic rings. The van der Waals surface area contributed by atoms with Crippen LogP contribution in [0.25, 0.3) is 20.2 Å². The highest BCUT2D eigenvalue weighted by atomic mass is 32.1. The lowest BCUT2D eigenvalue weighted by Crippen LogP contribution is -2.62. The lowest BCUT2D eigenvalue weighted by molar-refractivity contribution is 0.332. The minimum Gasteiger partial charge on any atom is -0.311 e. The third-order valence-corrected chi connectivity index (χ3v) is 21.3. The van der Waals surface area contributed by atoms with Gasteiger partial charge in [0.05, 0.1) is 10.4 Å². The standard InChI is InChI=1S/C67H77BN2S/c1-40-19-17-18-22-54(40)70-57-34-42(41-20-15-14-16-21-41)33-56-59(57)68(52-26-24-44-45-36-48-51(39-58(45)71-61(44)60(52)70)67(12,13)32-29-64(48,6)7)53-37-49-50(66(10,11)31-30-65(49,8)9)38-55(53)69(56)43-23-25-46-47(35-43)63(4,5)28-27-62(46,2)3/h17-19,22-26,33-39,41H,14-16,20-21,27-32H2,1-13H3. The Balaban J connectivity index is 1.17. The lowest BCUT2D eigenvalue weighted by Gasteiger charge is -2.48. The Hall–Kier alpha value is -4.80. The van der Waals surface area contributed by atoms with Gasteiger partial charge in [-0.3, -0.25) is 0 Å². The van der Waals surface area contributed by atoms with E-state index in [-0.39, 0.29) is 39.2 Å². The van der Waals surface area contributed by atoms with E-state index in [1.165, 1.54) is 169 Å². The maximum Gasteiger partial charge on any atom is 0.252 e. The number of para-hydroxylation sites is 1. The molecule has 0 bridgehead atoms. The predicted molar refractivity (Wildman–Crippen MR) is 310 cm³/mol. The summed E-state index contributed by atoms with van der Waals surface area (Å²) in [6, 6.07) is 38.2. The molecular weight excluding hydrogens is 876 g/mol. The normalized spacial score (nSPS) is 21.8. The summed E-state index contributed by atoms with van der Waals surface area (Å²) >= 11 is 2.06. The average Bonchev–Trinajstić information content (AvgIpc) is 3.71. The number of hydrogen-bond acceptors (Lipinski definition) is 3. The molecule has 2 aliphatic heterocycles. The van der Waals surface area contributed by atoms with Crippen molar-refractivity contribution in [1.82, 2.24) is 0 Å². The summed E-state index contributed by atoms with van der Waals surface area (Å²) in [6.07, 6.45) is 13.7. The molecule has 1 saturated carbocycles. The third-order valence-electron chi connectivity index (χ3n) is 20.2. The SMILES string of the molecule is Cc1ccccc1N1c2cc(C3CCCCC3)cc3c2B(c2cc4c(cc2N3c2ccc3c(c2)C(C)(C)CCC3(C)C)C(C)(C)CCC4(C)C)c2ccc3c(sc4cc5c(cc43)C(C)(C)CCC5(C)C)c21. The molecule has 0 atom stereocenters. The Kier molecular flexibility index (Phi) is 9.82. The minimum atomic E-state index is 0.0699. The summed E-state index contributed by atoms with van der Waals surface area (Å²) in [5.41, 5.74) is 25.3. The Labute approximate surface area is 430 Å². The average molecular weight is 953 g/mol. The van der Waals surface area contributed by atoms with Crippen molar-refractivity contribution in [2.75, 3.05) is 9.80 Å². The summed E-state index contributed by atoms with van der Waals surface area (Å²) in [7, 11) is 0. The topological polar surface area (TPSA) is 6.48 Å². The number of hydrogen-bond donors (Lipinski definition) is 0. The van der Waals surface area contributed by atoms with Crippen LogP contribution in [0.15, 0.2) is 91.0 Å². The molecule has 4 aliphatic carbocycles. The van der Waals surface area contributed by atoms with E-state index in [1.54, 1.807) is 16.7 Å². The second-order valence-electron chi connectivity index (χ2n) is 27.6. The van der Waals surface area contributed by atoms with Crippen LogP contribution in [0.4, 0.5) is 34.1 Å². The fourth-order valence-corrected chi connectivity index (χ4v) is 16.4. The molecule has 0 saturated heterocycles. The molecule has 0 N–H and O–H groups in total. The van der Waals surface area contributed by atoms with Crippen LogP contribution in [0.2, 0.25) is 0 Å². The Morgan fingerprint density at radius 3 is 1.65 bits per heavy atom. The van der Waals surface area contributed by atoms with Gasteiger partial charge in [-0.2, -0.15) is 0 Å². The molecule has 0 spiro atoms. The van der Waals surface area contributed by atoms with Crippen molar-refractivity contribution < 1.29 is 0 Å². The molecule has 6 aromatic carbocycles. The summed E-state index contributed by atoms with van der Waals surface area (Å²) in [6.45, 7) is 32.4. The summed E-state index contributed by atoms with van der Waals surface area (Å²) in [4.78, 5) is 5.57. The number of benzene rings is 6. The third kappa shape index (κ3) is 6.70. The van der Waals surface area contributed by atoms with Crippen molar-refractivity contribution in [3.63, 3.8) is 0 Å². The fraction of sp³-hybridized carbons (Fsp3) is 0.463. The van der Waals surface area contributed by atoms with Gasteiger partial charge >= 0.3 is 0 Å². The molecule has 1 aromatic heterocycles. The molecule has 0 unspecified atom stereocenters. The number of rotatable bonds is 3.